The first-order valence-electron chi connectivity index (χ1n) is 5.53. The van der Waals surface area contributed by atoms with Crippen molar-refractivity contribution in [1.29, 1.82) is 0 Å². The van der Waals surface area contributed by atoms with E-state index in [1.54, 1.807) is 0 Å². The molecule has 0 aliphatic rings. The molecule has 94 valence electrons. The molecular weight excluding hydrogens is 297 g/mol. The van der Waals surface area contributed by atoms with Crippen molar-refractivity contribution < 1.29 is 9.50 Å². The van der Waals surface area contributed by atoms with Crippen LogP contribution in [0.5, 0.6) is 0 Å². The number of hydrogen-bond donors (Lipinski definition) is 2. The van der Waals surface area contributed by atoms with Crippen molar-refractivity contribution in [2.75, 3.05) is 5.73 Å². The number of anilines is 1. The summed E-state index contributed by atoms with van der Waals surface area (Å²) in [6, 6.07) is 11.6. The number of benzene rings is 2. The standard InChI is InChI=1S/C14H13BrFNO/c15-10-3-1-9(2-4-10)7-14(18)12-8-11(16)5-6-13(12)17/h1-6,8,14,18H,7,17H2. The van der Waals surface area contributed by atoms with Crippen molar-refractivity contribution >= 4 is 21.6 Å². The Labute approximate surface area is 113 Å². The minimum Gasteiger partial charge on any atom is -0.398 e. The largest absolute Gasteiger partial charge is 0.398 e. The molecule has 2 rings (SSSR count). The van der Waals surface area contributed by atoms with Crippen LogP contribution in [0.1, 0.15) is 17.2 Å². The van der Waals surface area contributed by atoms with Crippen molar-refractivity contribution in [2.45, 2.75) is 12.5 Å². The molecule has 0 saturated heterocycles. The highest BCUT2D eigenvalue weighted by Crippen LogP contribution is 2.25. The van der Waals surface area contributed by atoms with Crippen LogP contribution in [-0.2, 0) is 6.42 Å². The lowest BCUT2D eigenvalue weighted by atomic mass is 10.00. The first-order chi connectivity index (χ1) is 8.56. The predicted octanol–water partition coefficient (Wildman–Crippen LogP) is 3.45. The fourth-order valence-corrected chi connectivity index (χ4v) is 2.05. The second-order valence-corrected chi connectivity index (χ2v) is 5.04. The molecule has 0 aliphatic heterocycles. The highest BCUT2D eigenvalue weighted by molar-refractivity contribution is 9.10. The van der Waals surface area contributed by atoms with E-state index in [1.165, 1.54) is 18.2 Å². The van der Waals surface area contributed by atoms with Crippen molar-refractivity contribution in [3.05, 3.63) is 63.9 Å². The van der Waals surface area contributed by atoms with Gasteiger partial charge in [0.15, 0.2) is 0 Å². The monoisotopic (exact) mass is 309 g/mol. The van der Waals surface area contributed by atoms with Crippen LogP contribution in [0.25, 0.3) is 0 Å². The van der Waals surface area contributed by atoms with Gasteiger partial charge in [0, 0.05) is 22.1 Å². The summed E-state index contributed by atoms with van der Waals surface area (Å²) in [5.74, 6) is -0.394. The van der Waals surface area contributed by atoms with Crippen LogP contribution in [0.3, 0.4) is 0 Å². The van der Waals surface area contributed by atoms with Crippen molar-refractivity contribution in [2.24, 2.45) is 0 Å². The topological polar surface area (TPSA) is 46.2 Å². The third kappa shape index (κ3) is 3.09. The Kier molecular flexibility index (Phi) is 3.99. The fraction of sp³-hybridized carbons (Fsp3) is 0.143. The SMILES string of the molecule is Nc1ccc(F)cc1C(O)Cc1ccc(Br)cc1. The summed E-state index contributed by atoms with van der Waals surface area (Å²) in [6.07, 6.45) is -0.400. The summed E-state index contributed by atoms with van der Waals surface area (Å²) < 4.78 is 14.1. The van der Waals surface area contributed by atoms with Crippen molar-refractivity contribution in [3.63, 3.8) is 0 Å². The zero-order chi connectivity index (χ0) is 13.1. The van der Waals surface area contributed by atoms with Gasteiger partial charge in [-0.15, -0.1) is 0 Å². The molecule has 2 nitrogen and oxygen atoms in total. The Hall–Kier alpha value is -1.39. The minimum atomic E-state index is -0.804. The summed E-state index contributed by atoms with van der Waals surface area (Å²) in [7, 11) is 0. The average Bonchev–Trinajstić information content (AvgIpc) is 2.35. The maximum absolute atomic E-state index is 13.1. The molecule has 0 amide bonds. The number of aliphatic hydroxyl groups excluding tert-OH is 1. The molecule has 2 aromatic carbocycles. The molecule has 0 saturated carbocycles. The van der Waals surface area contributed by atoms with Crippen LogP contribution in [0, 0.1) is 5.82 Å². The summed E-state index contributed by atoms with van der Waals surface area (Å²) in [4.78, 5) is 0. The highest BCUT2D eigenvalue weighted by atomic mass is 79.9. The Bertz CT molecular complexity index is 542. The Morgan fingerprint density at radius 3 is 2.50 bits per heavy atom. The summed E-state index contributed by atoms with van der Waals surface area (Å²) in [5, 5.41) is 10.1. The van der Waals surface area contributed by atoms with Gasteiger partial charge in [-0.25, -0.2) is 4.39 Å². The predicted molar refractivity (Wildman–Crippen MR) is 73.6 cm³/mol. The van der Waals surface area contributed by atoms with Crippen molar-refractivity contribution in [1.82, 2.24) is 0 Å². The number of hydrogen-bond acceptors (Lipinski definition) is 2. The van der Waals surface area contributed by atoms with Crippen LogP contribution < -0.4 is 5.73 Å². The van der Waals surface area contributed by atoms with E-state index in [9.17, 15) is 9.50 Å². The molecule has 2 aromatic rings. The Morgan fingerprint density at radius 1 is 1.17 bits per heavy atom. The van der Waals surface area contributed by atoms with Gasteiger partial charge in [-0.05, 0) is 35.9 Å². The van der Waals surface area contributed by atoms with Gasteiger partial charge in [-0.1, -0.05) is 28.1 Å². The summed E-state index contributed by atoms with van der Waals surface area (Å²) in [6.45, 7) is 0. The van der Waals surface area contributed by atoms with Crippen LogP contribution >= 0.6 is 15.9 Å². The maximum atomic E-state index is 13.1. The molecule has 1 unspecified atom stereocenters. The first kappa shape index (κ1) is 13.1. The molecule has 0 bridgehead atoms. The molecule has 18 heavy (non-hydrogen) atoms. The van der Waals surface area contributed by atoms with E-state index in [0.717, 1.165) is 10.0 Å². The van der Waals surface area contributed by atoms with Crippen LogP contribution in [0.2, 0.25) is 0 Å². The molecule has 1 atom stereocenters. The molecular formula is C14H13BrFNO. The zero-order valence-corrected chi connectivity index (χ0v) is 11.2. The fourth-order valence-electron chi connectivity index (χ4n) is 1.79. The highest BCUT2D eigenvalue weighted by Gasteiger charge is 2.12. The molecule has 0 aromatic heterocycles. The Morgan fingerprint density at radius 2 is 1.83 bits per heavy atom. The Balaban J connectivity index is 2.18. The van der Waals surface area contributed by atoms with Crippen LogP contribution in [0.4, 0.5) is 10.1 Å². The van der Waals surface area contributed by atoms with E-state index in [1.807, 2.05) is 24.3 Å². The van der Waals surface area contributed by atoms with Gasteiger partial charge in [-0.3, -0.25) is 0 Å². The lowest BCUT2D eigenvalue weighted by molar-refractivity contribution is 0.179. The number of aliphatic hydroxyl groups is 1. The number of halogens is 2. The van der Waals surface area contributed by atoms with Gasteiger partial charge < -0.3 is 10.8 Å². The quantitative estimate of drug-likeness (QED) is 0.853. The van der Waals surface area contributed by atoms with Gasteiger partial charge in [0.05, 0.1) is 6.10 Å². The van der Waals surface area contributed by atoms with Gasteiger partial charge in [0.25, 0.3) is 0 Å². The van der Waals surface area contributed by atoms with E-state index in [-0.39, 0.29) is 0 Å². The van der Waals surface area contributed by atoms with Crippen LogP contribution in [0.15, 0.2) is 46.9 Å². The molecule has 4 heteroatoms. The van der Waals surface area contributed by atoms with Crippen molar-refractivity contribution in [3.8, 4) is 0 Å². The molecule has 0 spiro atoms. The molecule has 0 fully saturated rings. The minimum absolute atomic E-state index is 0.394. The second kappa shape index (κ2) is 5.50. The molecule has 0 radical (unpaired) electrons. The second-order valence-electron chi connectivity index (χ2n) is 4.12. The lowest BCUT2D eigenvalue weighted by Gasteiger charge is -2.13. The van der Waals surface area contributed by atoms with Crippen LogP contribution in [-0.4, -0.2) is 5.11 Å². The third-order valence-corrected chi connectivity index (χ3v) is 3.28. The van der Waals surface area contributed by atoms with Gasteiger partial charge in [0.2, 0.25) is 0 Å². The van der Waals surface area contributed by atoms with E-state index in [4.69, 9.17) is 5.73 Å². The number of nitrogens with two attached hydrogens (primary N) is 1. The van der Waals surface area contributed by atoms with E-state index in [2.05, 4.69) is 15.9 Å². The normalized spacial score (nSPS) is 12.4. The number of rotatable bonds is 3. The summed E-state index contributed by atoms with van der Waals surface area (Å²) in [5.41, 5.74) is 7.53. The van der Waals surface area contributed by atoms with Gasteiger partial charge >= 0.3 is 0 Å². The zero-order valence-electron chi connectivity index (χ0n) is 9.61. The molecule has 0 heterocycles. The van der Waals surface area contributed by atoms with E-state index < -0.39 is 11.9 Å². The third-order valence-electron chi connectivity index (χ3n) is 2.75. The summed E-state index contributed by atoms with van der Waals surface area (Å²) >= 11 is 3.35. The average molecular weight is 310 g/mol. The lowest BCUT2D eigenvalue weighted by Crippen LogP contribution is -2.05. The first-order valence-corrected chi connectivity index (χ1v) is 6.33. The smallest absolute Gasteiger partial charge is 0.123 e. The molecule has 3 N–H and O–H groups in total. The van der Waals surface area contributed by atoms with E-state index in [0.29, 0.717) is 17.7 Å². The number of nitrogen functional groups attached to an aromatic ring is 1. The molecule has 0 aliphatic carbocycles. The van der Waals surface area contributed by atoms with E-state index >= 15 is 0 Å². The van der Waals surface area contributed by atoms with Gasteiger partial charge in [0.1, 0.15) is 5.82 Å². The maximum Gasteiger partial charge on any atom is 0.123 e. The van der Waals surface area contributed by atoms with Gasteiger partial charge in [-0.2, -0.15) is 0 Å².